The van der Waals surface area contributed by atoms with Gasteiger partial charge in [-0.05, 0) is 55.0 Å². The zero-order chi connectivity index (χ0) is 22.1. The maximum atomic E-state index is 13.4. The molecule has 32 heavy (non-hydrogen) atoms. The van der Waals surface area contributed by atoms with Crippen LogP contribution in [0.5, 0.6) is 5.75 Å². The first-order valence-electron chi connectivity index (χ1n) is 10.5. The summed E-state index contributed by atoms with van der Waals surface area (Å²) in [5.41, 5.74) is 2.77. The van der Waals surface area contributed by atoms with E-state index in [1.165, 1.54) is 12.1 Å². The molecular formula is C24H24FN5O2. The van der Waals surface area contributed by atoms with Crippen LogP contribution < -0.4 is 14.6 Å². The summed E-state index contributed by atoms with van der Waals surface area (Å²) in [7, 11) is 1.67. The average molecular weight is 433 g/mol. The van der Waals surface area contributed by atoms with Gasteiger partial charge in [-0.2, -0.15) is 0 Å². The molecule has 0 aromatic heterocycles. The molecule has 0 spiro atoms. The maximum Gasteiger partial charge on any atom is 0.190 e. The van der Waals surface area contributed by atoms with Crippen LogP contribution in [0.2, 0.25) is 0 Å². The number of hydrazine groups is 1. The van der Waals surface area contributed by atoms with Crippen molar-refractivity contribution in [3.8, 4) is 5.75 Å². The number of morpholine rings is 1. The SMILES string of the molecule is COc1cc(/C=C2\OCCN3C2=NC=CN3c2ccc(F)cc2)ccc1N1C=NC(C)C1. The Labute approximate surface area is 186 Å². The Morgan fingerprint density at radius 3 is 2.78 bits per heavy atom. The molecule has 1 atom stereocenters. The number of fused-ring (bicyclic) bond motifs is 1. The minimum atomic E-state index is -0.266. The van der Waals surface area contributed by atoms with Crippen LogP contribution in [0, 0.1) is 5.82 Å². The van der Waals surface area contributed by atoms with E-state index in [4.69, 9.17) is 9.47 Å². The minimum absolute atomic E-state index is 0.266. The van der Waals surface area contributed by atoms with Gasteiger partial charge in [-0.1, -0.05) is 6.07 Å². The van der Waals surface area contributed by atoms with Crippen molar-refractivity contribution in [1.29, 1.82) is 0 Å². The smallest absolute Gasteiger partial charge is 0.190 e. The van der Waals surface area contributed by atoms with Crippen molar-refractivity contribution in [3.05, 3.63) is 72.0 Å². The summed E-state index contributed by atoms with van der Waals surface area (Å²) >= 11 is 0. The maximum absolute atomic E-state index is 13.4. The molecule has 3 heterocycles. The third kappa shape index (κ3) is 3.79. The van der Waals surface area contributed by atoms with Crippen molar-refractivity contribution in [2.24, 2.45) is 9.98 Å². The molecule has 1 unspecified atom stereocenters. The first kappa shape index (κ1) is 20.1. The van der Waals surface area contributed by atoms with Crippen LogP contribution in [0.1, 0.15) is 12.5 Å². The van der Waals surface area contributed by atoms with E-state index in [0.717, 1.165) is 29.2 Å². The number of ether oxygens (including phenoxy) is 2. The summed E-state index contributed by atoms with van der Waals surface area (Å²) in [6, 6.07) is 12.7. The van der Waals surface area contributed by atoms with Crippen LogP contribution in [0.3, 0.4) is 0 Å². The monoisotopic (exact) mass is 433 g/mol. The Balaban J connectivity index is 1.43. The number of aliphatic imine (C=N–C) groups is 2. The quantitative estimate of drug-likeness (QED) is 0.728. The van der Waals surface area contributed by atoms with Gasteiger partial charge in [-0.3, -0.25) is 15.0 Å². The van der Waals surface area contributed by atoms with Crippen molar-refractivity contribution in [1.82, 2.24) is 5.01 Å². The van der Waals surface area contributed by atoms with Gasteiger partial charge in [0.2, 0.25) is 0 Å². The van der Waals surface area contributed by atoms with Crippen molar-refractivity contribution in [2.75, 3.05) is 36.7 Å². The summed E-state index contributed by atoms with van der Waals surface area (Å²) in [6.07, 6.45) is 7.39. The van der Waals surface area contributed by atoms with E-state index in [1.807, 2.05) is 46.8 Å². The lowest BCUT2D eigenvalue weighted by Crippen LogP contribution is -2.50. The molecule has 2 aromatic carbocycles. The highest BCUT2D eigenvalue weighted by Gasteiger charge is 2.29. The van der Waals surface area contributed by atoms with E-state index in [2.05, 4.69) is 21.8 Å². The van der Waals surface area contributed by atoms with Crippen molar-refractivity contribution >= 4 is 29.6 Å². The predicted octanol–water partition coefficient (Wildman–Crippen LogP) is 4.05. The van der Waals surface area contributed by atoms with E-state index < -0.39 is 0 Å². The lowest BCUT2D eigenvalue weighted by molar-refractivity contribution is 0.169. The van der Waals surface area contributed by atoms with E-state index in [9.17, 15) is 4.39 Å². The predicted molar refractivity (Wildman–Crippen MR) is 124 cm³/mol. The largest absolute Gasteiger partial charge is 0.495 e. The second-order valence-corrected chi connectivity index (χ2v) is 7.75. The fourth-order valence-corrected chi connectivity index (χ4v) is 3.96. The Morgan fingerprint density at radius 2 is 2.03 bits per heavy atom. The number of rotatable bonds is 4. The molecule has 0 aliphatic carbocycles. The molecular weight excluding hydrogens is 409 g/mol. The molecule has 3 aliphatic rings. The van der Waals surface area contributed by atoms with Gasteiger partial charge in [0.15, 0.2) is 11.6 Å². The number of hydrogen-bond acceptors (Lipinski definition) is 7. The number of methoxy groups -OCH3 is 1. The zero-order valence-corrected chi connectivity index (χ0v) is 18.0. The van der Waals surface area contributed by atoms with Gasteiger partial charge in [-0.15, -0.1) is 0 Å². The number of nitrogens with zero attached hydrogens (tertiary/aromatic N) is 5. The zero-order valence-electron chi connectivity index (χ0n) is 18.0. The van der Waals surface area contributed by atoms with Crippen molar-refractivity contribution in [3.63, 3.8) is 0 Å². The highest BCUT2D eigenvalue weighted by Crippen LogP contribution is 2.32. The number of hydrogen-bond donors (Lipinski definition) is 0. The van der Waals surface area contributed by atoms with Gasteiger partial charge in [0.25, 0.3) is 0 Å². The van der Waals surface area contributed by atoms with Crippen molar-refractivity contribution < 1.29 is 13.9 Å². The van der Waals surface area contributed by atoms with Crippen LogP contribution in [0.15, 0.2) is 70.6 Å². The highest BCUT2D eigenvalue weighted by atomic mass is 19.1. The Bertz CT molecular complexity index is 1130. The Kier molecular flexibility index (Phi) is 5.26. The number of anilines is 2. The first-order valence-corrected chi connectivity index (χ1v) is 10.5. The molecule has 0 radical (unpaired) electrons. The van der Waals surface area contributed by atoms with Crippen LogP contribution in [-0.2, 0) is 4.74 Å². The number of halogens is 1. The van der Waals surface area contributed by atoms with Crippen LogP contribution in [0.4, 0.5) is 15.8 Å². The average Bonchev–Trinajstić information content (AvgIpc) is 3.25. The van der Waals surface area contributed by atoms with Gasteiger partial charge in [0.05, 0.1) is 37.4 Å². The summed E-state index contributed by atoms with van der Waals surface area (Å²) in [4.78, 5) is 11.1. The molecule has 8 heteroatoms. The molecule has 2 aromatic rings. The third-order valence-corrected chi connectivity index (χ3v) is 5.51. The van der Waals surface area contributed by atoms with E-state index in [0.29, 0.717) is 24.7 Å². The fourth-order valence-electron chi connectivity index (χ4n) is 3.96. The molecule has 1 fully saturated rings. The summed E-state index contributed by atoms with van der Waals surface area (Å²) < 4.78 is 25.0. The second kappa shape index (κ2) is 8.37. The van der Waals surface area contributed by atoms with E-state index >= 15 is 0 Å². The molecule has 0 amide bonds. The van der Waals surface area contributed by atoms with Gasteiger partial charge in [0, 0.05) is 18.9 Å². The third-order valence-electron chi connectivity index (χ3n) is 5.51. The second-order valence-electron chi connectivity index (χ2n) is 7.75. The van der Waals surface area contributed by atoms with Crippen molar-refractivity contribution in [2.45, 2.75) is 13.0 Å². The van der Waals surface area contributed by atoms with Crippen LogP contribution in [0.25, 0.3) is 6.08 Å². The summed E-state index contributed by atoms with van der Waals surface area (Å²) in [5, 5.41) is 3.98. The van der Waals surface area contributed by atoms with Crippen LogP contribution >= 0.6 is 0 Å². The molecule has 0 bridgehead atoms. The Hall–Kier alpha value is -3.81. The van der Waals surface area contributed by atoms with E-state index in [1.54, 1.807) is 25.4 Å². The lowest BCUT2D eigenvalue weighted by atomic mass is 10.1. The van der Waals surface area contributed by atoms with Gasteiger partial charge in [-0.25, -0.2) is 9.38 Å². The molecule has 0 saturated carbocycles. The number of benzene rings is 2. The Morgan fingerprint density at radius 1 is 1.19 bits per heavy atom. The fraction of sp³-hybridized carbons (Fsp3) is 0.250. The lowest BCUT2D eigenvalue weighted by Gasteiger charge is -2.41. The minimum Gasteiger partial charge on any atom is -0.495 e. The summed E-state index contributed by atoms with van der Waals surface area (Å²) in [6.45, 7) is 4.06. The molecule has 5 rings (SSSR count). The highest BCUT2D eigenvalue weighted by molar-refractivity contribution is 6.02. The van der Waals surface area contributed by atoms with Gasteiger partial charge < -0.3 is 14.4 Å². The van der Waals surface area contributed by atoms with E-state index in [-0.39, 0.29) is 11.9 Å². The van der Waals surface area contributed by atoms with Gasteiger partial charge in [0.1, 0.15) is 18.2 Å². The standard InChI is InChI=1S/C24H24FN5O2/c1-17-15-28(16-27-17)21-8-3-18(13-22(21)31-2)14-23-24-26-9-10-29(30(24)11-12-32-23)20-6-4-19(25)5-7-20/h3-10,13-14,16-17H,11-12,15H2,1-2H3/b23-14-. The normalized spacial score (nSPS) is 21.0. The van der Waals surface area contributed by atoms with Gasteiger partial charge >= 0.3 is 0 Å². The summed E-state index contributed by atoms with van der Waals surface area (Å²) in [5.74, 6) is 1.87. The molecule has 0 N–H and O–H groups in total. The molecule has 3 aliphatic heterocycles. The molecule has 1 saturated heterocycles. The molecule has 164 valence electrons. The number of amidine groups is 1. The molecule has 7 nitrogen and oxygen atoms in total. The van der Waals surface area contributed by atoms with Crippen LogP contribution in [-0.4, -0.2) is 50.0 Å². The first-order chi connectivity index (χ1) is 15.6. The topological polar surface area (TPSA) is 52.9 Å².